The number of nitrogens with one attached hydrogen (secondary N) is 1. The Kier molecular flexibility index (Phi) is 15.1. The maximum absolute atomic E-state index is 14.1. The quantitative estimate of drug-likeness (QED) is 0.0869. The summed E-state index contributed by atoms with van der Waals surface area (Å²) < 4.78 is 44.1. The first-order valence-corrected chi connectivity index (χ1v) is 21.7. The van der Waals surface area contributed by atoms with Crippen molar-refractivity contribution in [2.45, 2.75) is 44.3 Å². The van der Waals surface area contributed by atoms with Crippen LogP contribution in [-0.2, 0) is 35.0 Å². The van der Waals surface area contributed by atoms with E-state index < -0.39 is 0 Å². The van der Waals surface area contributed by atoms with Gasteiger partial charge in [0, 0.05) is 51.9 Å². The topological polar surface area (TPSA) is 128 Å². The number of carbonyl (C=O) groups excluding carboxylic acids is 1. The molecule has 2 saturated heterocycles. The van der Waals surface area contributed by atoms with E-state index in [1.807, 2.05) is 45.8 Å². The van der Waals surface area contributed by atoms with Crippen LogP contribution in [0.5, 0.6) is 0 Å². The normalized spacial score (nSPS) is 17.8. The zero-order chi connectivity index (χ0) is 41.6. The molecule has 2 atom stereocenters. The second-order valence-corrected chi connectivity index (χ2v) is 15.5. The number of amides is 1. The molecule has 2 fully saturated rings. The van der Waals surface area contributed by atoms with Gasteiger partial charge in [0.1, 0.15) is 23.1 Å². The Hall–Kier alpha value is -5.03. The zero-order valence-corrected chi connectivity index (χ0v) is 34.8. The summed E-state index contributed by atoms with van der Waals surface area (Å²) in [6.45, 7) is 9.38. The van der Waals surface area contributed by atoms with E-state index in [-0.39, 0.29) is 17.8 Å². The first kappa shape index (κ1) is 42.7. The summed E-state index contributed by atoms with van der Waals surface area (Å²) in [6.07, 6.45) is 5.03. The molecule has 3 aliphatic heterocycles. The molecule has 1 unspecified atom stereocenters. The van der Waals surface area contributed by atoms with Crippen LogP contribution in [0, 0.1) is 5.82 Å². The van der Waals surface area contributed by atoms with Gasteiger partial charge in [-0.25, -0.2) is 18.9 Å². The highest BCUT2D eigenvalue weighted by molar-refractivity contribution is 5.76. The van der Waals surface area contributed by atoms with E-state index in [4.69, 9.17) is 33.8 Å². The second kappa shape index (κ2) is 21.7. The molecule has 2 aromatic carbocycles. The van der Waals surface area contributed by atoms with Crippen molar-refractivity contribution in [1.82, 2.24) is 29.8 Å². The van der Waals surface area contributed by atoms with Crippen LogP contribution in [-0.4, -0.2) is 129 Å². The number of imidazole rings is 1. The van der Waals surface area contributed by atoms with Gasteiger partial charge in [0.25, 0.3) is 0 Å². The zero-order valence-electron chi connectivity index (χ0n) is 34.8. The number of carbonyl (C=O) groups is 1. The number of hydrogen-bond donors (Lipinski definition) is 1. The number of piperazine rings is 1. The van der Waals surface area contributed by atoms with Gasteiger partial charge in [0.05, 0.1) is 83.8 Å². The molecule has 5 aromatic rings. The number of anilines is 2. The summed E-state index contributed by atoms with van der Waals surface area (Å²) in [7, 11) is 0. The van der Waals surface area contributed by atoms with Crippen LogP contribution < -0.4 is 15.1 Å². The largest absolute Gasteiger partial charge is 0.379 e. The van der Waals surface area contributed by atoms with Crippen molar-refractivity contribution in [3.63, 3.8) is 0 Å². The molecule has 1 N–H and O–H groups in total. The van der Waals surface area contributed by atoms with Gasteiger partial charge in [0.15, 0.2) is 5.65 Å². The van der Waals surface area contributed by atoms with E-state index in [2.05, 4.69) is 44.4 Å². The van der Waals surface area contributed by atoms with Crippen LogP contribution in [0.4, 0.5) is 16.0 Å². The fraction of sp³-hybridized carbons (Fsp3) is 0.478. The number of aromatic nitrogens is 4. The summed E-state index contributed by atoms with van der Waals surface area (Å²) in [4.78, 5) is 28.9. The van der Waals surface area contributed by atoms with Crippen molar-refractivity contribution in [1.29, 1.82) is 0 Å². The van der Waals surface area contributed by atoms with Crippen LogP contribution >= 0.6 is 0 Å². The monoisotopic (exact) mass is 836 g/mol. The minimum Gasteiger partial charge on any atom is -0.379 e. The number of fused-ring (bicyclic) bond motifs is 2. The standard InChI is InChI=1S/C46H57FN8O6/c47-37-8-3-7-35(32-37)41-11-5-17-54(41)45-14-13-43-49-34-42(55(43)51-45)40-10-4-12-44(50-40)52-18-20-53(21-19-52)46(56)16-23-58-25-27-60-29-31-61-30-28-59-26-24-57-22-15-39-38-9-2-1-6-36(38)33-48-39/h1-4,6-10,12-14,32,34,39,41,48H,5,11,15-31,33H2/t39?,41-/m1/s1. The third-order valence-corrected chi connectivity index (χ3v) is 11.6. The molecule has 1 amide bonds. The molecule has 14 nitrogen and oxygen atoms in total. The Labute approximate surface area is 356 Å². The van der Waals surface area contributed by atoms with Gasteiger partial charge in [-0.15, -0.1) is 5.10 Å². The van der Waals surface area contributed by atoms with Crippen molar-refractivity contribution in [2.24, 2.45) is 0 Å². The van der Waals surface area contributed by atoms with Gasteiger partial charge < -0.3 is 43.7 Å². The molecule has 0 radical (unpaired) electrons. The van der Waals surface area contributed by atoms with Gasteiger partial charge in [-0.1, -0.05) is 42.5 Å². The Morgan fingerprint density at radius 3 is 2.23 bits per heavy atom. The molecule has 6 heterocycles. The first-order valence-electron chi connectivity index (χ1n) is 21.7. The molecular formula is C46H57FN8O6. The highest BCUT2D eigenvalue weighted by atomic mass is 19.1. The Bertz CT molecular complexity index is 2170. The van der Waals surface area contributed by atoms with Gasteiger partial charge in [0.2, 0.25) is 5.91 Å². The summed E-state index contributed by atoms with van der Waals surface area (Å²) in [5, 5.41) is 8.55. The molecule has 0 bridgehead atoms. The Morgan fingerprint density at radius 1 is 0.738 bits per heavy atom. The molecule has 8 rings (SSSR count). The van der Waals surface area contributed by atoms with E-state index in [1.165, 1.54) is 17.2 Å². The highest BCUT2D eigenvalue weighted by Crippen LogP contribution is 2.36. The lowest BCUT2D eigenvalue weighted by molar-refractivity contribution is -0.132. The van der Waals surface area contributed by atoms with Crippen LogP contribution in [0.3, 0.4) is 0 Å². The fourth-order valence-electron chi connectivity index (χ4n) is 8.36. The number of benzene rings is 2. The number of nitrogens with zero attached hydrogens (tertiary/aromatic N) is 7. The maximum atomic E-state index is 14.1. The van der Waals surface area contributed by atoms with Crippen molar-refractivity contribution >= 4 is 23.2 Å². The predicted octanol–water partition coefficient (Wildman–Crippen LogP) is 5.63. The number of rotatable bonds is 22. The minimum absolute atomic E-state index is 0.0622. The molecule has 324 valence electrons. The van der Waals surface area contributed by atoms with E-state index in [0.717, 1.165) is 66.6 Å². The average Bonchev–Trinajstić information content (AvgIpc) is 4.07. The molecule has 15 heteroatoms. The molecule has 3 aromatic heterocycles. The van der Waals surface area contributed by atoms with Crippen molar-refractivity contribution in [3.05, 3.63) is 108 Å². The first-order chi connectivity index (χ1) is 30.1. The SMILES string of the molecule is O=C(CCOCCOCCOCCOCCOCCC1NCc2ccccc21)N1CCN(c2cccc(-c3cnc4ccc(N5CCC[C@@H]5c5cccc(F)c5)nn34)n2)CC1. The summed E-state index contributed by atoms with van der Waals surface area (Å²) in [5.74, 6) is 1.53. The summed E-state index contributed by atoms with van der Waals surface area (Å²) in [5.41, 5.74) is 6.01. The fourth-order valence-corrected chi connectivity index (χ4v) is 8.36. The highest BCUT2D eigenvalue weighted by Gasteiger charge is 2.28. The van der Waals surface area contributed by atoms with Gasteiger partial charge >= 0.3 is 0 Å². The van der Waals surface area contributed by atoms with Crippen LogP contribution in [0.15, 0.2) is 85.1 Å². The Morgan fingerprint density at radius 2 is 1.46 bits per heavy atom. The number of hydrogen-bond acceptors (Lipinski definition) is 12. The van der Waals surface area contributed by atoms with Gasteiger partial charge in [-0.3, -0.25) is 4.79 Å². The van der Waals surface area contributed by atoms with Crippen molar-refractivity contribution < 1.29 is 32.9 Å². The third kappa shape index (κ3) is 11.3. The van der Waals surface area contributed by atoms with E-state index in [9.17, 15) is 9.18 Å². The van der Waals surface area contributed by atoms with Gasteiger partial charge in [-0.05, 0) is 72.4 Å². The van der Waals surface area contributed by atoms with E-state index >= 15 is 0 Å². The van der Waals surface area contributed by atoms with Crippen LogP contribution in [0.25, 0.3) is 17.0 Å². The number of pyridine rings is 1. The lowest BCUT2D eigenvalue weighted by atomic mass is 10.0. The third-order valence-electron chi connectivity index (χ3n) is 11.6. The van der Waals surface area contributed by atoms with Crippen molar-refractivity contribution in [2.75, 3.05) is 109 Å². The smallest absolute Gasteiger partial charge is 0.225 e. The van der Waals surface area contributed by atoms with Crippen LogP contribution in [0.1, 0.15) is 54.5 Å². The molecule has 0 spiro atoms. The predicted molar refractivity (Wildman–Crippen MR) is 230 cm³/mol. The minimum atomic E-state index is -0.226. The number of halogens is 1. The number of ether oxygens (including phenoxy) is 5. The lowest BCUT2D eigenvalue weighted by Gasteiger charge is -2.35. The second-order valence-electron chi connectivity index (χ2n) is 15.5. The lowest BCUT2D eigenvalue weighted by Crippen LogP contribution is -2.49. The maximum Gasteiger partial charge on any atom is 0.225 e. The molecule has 61 heavy (non-hydrogen) atoms. The van der Waals surface area contributed by atoms with Crippen molar-refractivity contribution in [3.8, 4) is 11.4 Å². The molecular weight excluding hydrogens is 780 g/mol. The Balaban J connectivity index is 0.669. The molecule has 0 aliphatic carbocycles. The summed E-state index contributed by atoms with van der Waals surface area (Å²) >= 11 is 0. The van der Waals surface area contributed by atoms with Crippen LogP contribution in [0.2, 0.25) is 0 Å². The van der Waals surface area contributed by atoms with E-state index in [0.29, 0.717) is 105 Å². The molecule has 3 aliphatic rings. The average molecular weight is 837 g/mol. The van der Waals surface area contributed by atoms with Gasteiger partial charge in [-0.2, -0.15) is 0 Å². The van der Waals surface area contributed by atoms with E-state index in [1.54, 1.807) is 18.3 Å². The molecule has 0 saturated carbocycles. The summed E-state index contributed by atoms with van der Waals surface area (Å²) in [6, 6.07) is 25.8.